The average molecular weight is 274 g/mol. The number of urea groups is 1. The van der Waals surface area contributed by atoms with Crippen LogP contribution in [0.1, 0.15) is 20.8 Å². The highest BCUT2D eigenvalue weighted by Gasteiger charge is 2.27. The Morgan fingerprint density at radius 2 is 2.17 bits per heavy atom. The Morgan fingerprint density at radius 1 is 1.50 bits per heavy atom. The largest absolute Gasteiger partial charge is 0.480 e. The smallest absolute Gasteiger partial charge is 0.323 e. The molecule has 0 radical (unpaired) electrons. The van der Waals surface area contributed by atoms with Crippen molar-refractivity contribution >= 4 is 23.8 Å². The minimum atomic E-state index is -0.955. The molecule has 1 aliphatic heterocycles. The Labute approximate surface area is 113 Å². The van der Waals surface area contributed by atoms with Crippen LogP contribution in [0.2, 0.25) is 0 Å². The molecule has 1 heterocycles. The van der Waals surface area contributed by atoms with E-state index in [9.17, 15) is 9.59 Å². The molecule has 1 unspecified atom stereocenters. The Morgan fingerprint density at radius 3 is 2.67 bits per heavy atom. The third kappa shape index (κ3) is 4.76. The zero-order valence-corrected chi connectivity index (χ0v) is 12.1. The molecule has 1 rings (SSSR count). The summed E-state index contributed by atoms with van der Waals surface area (Å²) in [7, 11) is 0. The molecular weight excluding hydrogens is 252 g/mol. The maximum Gasteiger partial charge on any atom is 0.323 e. The number of hydrogen-bond donors (Lipinski definition) is 1. The summed E-state index contributed by atoms with van der Waals surface area (Å²) >= 11 is 1.85. The van der Waals surface area contributed by atoms with Gasteiger partial charge >= 0.3 is 12.0 Å². The van der Waals surface area contributed by atoms with E-state index in [0.29, 0.717) is 24.9 Å². The Balaban J connectivity index is 2.64. The van der Waals surface area contributed by atoms with Crippen LogP contribution in [0.4, 0.5) is 4.79 Å². The number of amides is 2. The fourth-order valence-corrected chi connectivity index (χ4v) is 3.02. The highest BCUT2D eigenvalue weighted by atomic mass is 32.2. The van der Waals surface area contributed by atoms with E-state index in [1.807, 2.05) is 25.6 Å². The molecule has 0 bridgehead atoms. The van der Waals surface area contributed by atoms with E-state index in [2.05, 4.69) is 6.92 Å². The summed E-state index contributed by atoms with van der Waals surface area (Å²) in [6.07, 6.45) is 0. The highest BCUT2D eigenvalue weighted by Crippen LogP contribution is 2.19. The van der Waals surface area contributed by atoms with Gasteiger partial charge in [0.2, 0.25) is 0 Å². The first-order valence-corrected chi connectivity index (χ1v) is 7.32. The molecule has 1 aliphatic rings. The van der Waals surface area contributed by atoms with Crippen molar-refractivity contribution in [2.75, 3.05) is 31.9 Å². The molecule has 1 atom stereocenters. The molecule has 0 aromatic carbocycles. The van der Waals surface area contributed by atoms with E-state index in [-0.39, 0.29) is 18.5 Å². The summed E-state index contributed by atoms with van der Waals surface area (Å²) in [5.41, 5.74) is 0. The lowest BCUT2D eigenvalue weighted by Gasteiger charge is -2.35. The van der Waals surface area contributed by atoms with Crippen molar-refractivity contribution in [3.05, 3.63) is 0 Å². The third-order valence-electron chi connectivity index (χ3n) is 2.69. The summed E-state index contributed by atoms with van der Waals surface area (Å²) in [5, 5.41) is 9.30. The van der Waals surface area contributed by atoms with Gasteiger partial charge in [0.05, 0.1) is 0 Å². The molecule has 0 aliphatic carbocycles. The van der Waals surface area contributed by atoms with E-state index >= 15 is 0 Å². The van der Waals surface area contributed by atoms with Crippen LogP contribution in [0.15, 0.2) is 0 Å². The highest BCUT2D eigenvalue weighted by molar-refractivity contribution is 7.99. The topological polar surface area (TPSA) is 60.9 Å². The first-order chi connectivity index (χ1) is 8.40. The van der Waals surface area contributed by atoms with Gasteiger partial charge in [-0.1, -0.05) is 20.8 Å². The van der Waals surface area contributed by atoms with Gasteiger partial charge in [0.1, 0.15) is 6.54 Å². The number of rotatable bonds is 4. The van der Waals surface area contributed by atoms with Crippen LogP contribution in [-0.2, 0) is 4.79 Å². The van der Waals surface area contributed by atoms with Crippen molar-refractivity contribution in [3.8, 4) is 0 Å². The minimum absolute atomic E-state index is 0.141. The van der Waals surface area contributed by atoms with Gasteiger partial charge in [0, 0.05) is 30.6 Å². The molecule has 6 heteroatoms. The minimum Gasteiger partial charge on any atom is -0.480 e. The van der Waals surface area contributed by atoms with Gasteiger partial charge in [0.15, 0.2) is 0 Å². The molecule has 2 amide bonds. The van der Waals surface area contributed by atoms with Crippen molar-refractivity contribution in [2.45, 2.75) is 26.0 Å². The van der Waals surface area contributed by atoms with Crippen molar-refractivity contribution < 1.29 is 14.7 Å². The molecule has 0 aromatic rings. The van der Waals surface area contributed by atoms with Crippen LogP contribution < -0.4 is 0 Å². The molecule has 1 N–H and O–H groups in total. The summed E-state index contributed by atoms with van der Waals surface area (Å²) in [6.45, 7) is 7.75. The molecule has 5 nitrogen and oxygen atoms in total. The van der Waals surface area contributed by atoms with Gasteiger partial charge in [-0.25, -0.2) is 4.79 Å². The summed E-state index contributed by atoms with van der Waals surface area (Å²) in [6, 6.07) is -0.141. The number of nitrogens with zero attached hydrogens (tertiary/aromatic N) is 2. The van der Waals surface area contributed by atoms with E-state index < -0.39 is 5.97 Å². The van der Waals surface area contributed by atoms with E-state index in [1.54, 1.807) is 4.90 Å². The lowest BCUT2D eigenvalue weighted by molar-refractivity contribution is -0.137. The second-order valence-corrected chi connectivity index (χ2v) is 6.62. The summed E-state index contributed by atoms with van der Waals surface area (Å²) in [5.74, 6) is 0.239. The monoisotopic (exact) mass is 274 g/mol. The van der Waals surface area contributed by atoms with Crippen LogP contribution in [-0.4, -0.2) is 64.1 Å². The molecule has 0 spiro atoms. The molecule has 0 saturated carbocycles. The molecule has 0 aromatic heterocycles. The van der Waals surface area contributed by atoms with Gasteiger partial charge in [0.25, 0.3) is 0 Å². The predicted molar refractivity (Wildman–Crippen MR) is 72.9 cm³/mol. The van der Waals surface area contributed by atoms with Crippen molar-refractivity contribution in [2.24, 2.45) is 5.92 Å². The van der Waals surface area contributed by atoms with Gasteiger partial charge < -0.3 is 14.9 Å². The molecule has 104 valence electrons. The number of carboxylic acids is 1. The van der Waals surface area contributed by atoms with Crippen LogP contribution in [0.25, 0.3) is 0 Å². The second-order valence-electron chi connectivity index (χ2n) is 5.08. The van der Waals surface area contributed by atoms with Crippen molar-refractivity contribution in [1.82, 2.24) is 9.80 Å². The van der Waals surface area contributed by atoms with Crippen LogP contribution in [0, 0.1) is 5.92 Å². The molecular formula is C12H22N2O3S. The van der Waals surface area contributed by atoms with E-state index in [0.717, 1.165) is 5.75 Å². The number of thioether (sulfide) groups is 1. The molecule has 18 heavy (non-hydrogen) atoms. The van der Waals surface area contributed by atoms with E-state index in [4.69, 9.17) is 5.11 Å². The van der Waals surface area contributed by atoms with Gasteiger partial charge in [-0.3, -0.25) is 4.79 Å². The fraction of sp³-hybridized carbons (Fsp3) is 0.833. The van der Waals surface area contributed by atoms with Gasteiger partial charge in [-0.05, 0) is 5.92 Å². The standard InChI is InChI=1S/C12H22N2O3S/c1-9(2)6-14(8-11(15)16)12(17)13-4-5-18-10(3)7-13/h9-10H,4-8H2,1-3H3,(H,15,16). The maximum absolute atomic E-state index is 12.3. The molecule has 1 saturated heterocycles. The van der Waals surface area contributed by atoms with Gasteiger partial charge in [-0.2, -0.15) is 11.8 Å². The lowest BCUT2D eigenvalue weighted by Crippen LogP contribution is -2.50. The number of hydrogen-bond acceptors (Lipinski definition) is 3. The Kier molecular flexibility index (Phi) is 5.78. The predicted octanol–water partition coefficient (Wildman–Crippen LogP) is 1.59. The van der Waals surface area contributed by atoms with Gasteiger partial charge in [-0.15, -0.1) is 0 Å². The molecule has 1 fully saturated rings. The zero-order valence-electron chi connectivity index (χ0n) is 11.3. The van der Waals surface area contributed by atoms with Crippen LogP contribution in [0.3, 0.4) is 0 Å². The first kappa shape index (κ1) is 15.1. The average Bonchev–Trinajstić information content (AvgIpc) is 2.26. The summed E-state index contributed by atoms with van der Waals surface area (Å²) in [4.78, 5) is 26.3. The van der Waals surface area contributed by atoms with Crippen molar-refractivity contribution in [3.63, 3.8) is 0 Å². The lowest BCUT2D eigenvalue weighted by atomic mass is 10.2. The number of carbonyl (C=O) groups is 2. The summed E-state index contributed by atoms with van der Waals surface area (Å²) < 4.78 is 0. The van der Waals surface area contributed by atoms with Crippen molar-refractivity contribution in [1.29, 1.82) is 0 Å². The zero-order chi connectivity index (χ0) is 13.7. The third-order valence-corrected chi connectivity index (χ3v) is 3.83. The normalized spacial score (nSPS) is 20.0. The maximum atomic E-state index is 12.3. The van der Waals surface area contributed by atoms with Crippen LogP contribution >= 0.6 is 11.8 Å². The number of aliphatic carboxylic acids is 1. The fourth-order valence-electron chi connectivity index (χ4n) is 2.01. The second kappa shape index (κ2) is 6.87. The van der Waals surface area contributed by atoms with Crippen LogP contribution in [0.5, 0.6) is 0 Å². The Bertz CT molecular complexity index is 310. The first-order valence-electron chi connectivity index (χ1n) is 6.27. The Hall–Kier alpha value is -0.910. The quantitative estimate of drug-likeness (QED) is 0.845. The SMILES string of the molecule is CC(C)CN(CC(=O)O)C(=O)N1CCSC(C)C1. The van der Waals surface area contributed by atoms with E-state index in [1.165, 1.54) is 4.90 Å². The number of carbonyl (C=O) groups excluding carboxylic acids is 1. The number of carboxylic acid groups (broad SMARTS) is 1.